The Morgan fingerprint density at radius 3 is 2.70 bits per heavy atom. The van der Waals surface area contributed by atoms with Crippen LogP contribution >= 0.6 is 15.9 Å². The van der Waals surface area contributed by atoms with Gasteiger partial charge in [-0.3, -0.25) is 9.55 Å². The van der Waals surface area contributed by atoms with E-state index in [0.29, 0.717) is 16.8 Å². The molecule has 3 rings (SSSR count). The van der Waals surface area contributed by atoms with Gasteiger partial charge in [0.1, 0.15) is 17.4 Å². The SMILES string of the molecule is C[C@@H](Oc1cc(Br)cc2ncn(C(C)(C)F)c12)c1ccccn1. The van der Waals surface area contributed by atoms with Crippen molar-refractivity contribution in [1.82, 2.24) is 14.5 Å². The number of hydrogen-bond donors (Lipinski definition) is 0. The third kappa shape index (κ3) is 3.22. The maximum atomic E-state index is 14.5. The maximum absolute atomic E-state index is 14.5. The molecule has 4 nitrogen and oxygen atoms in total. The van der Waals surface area contributed by atoms with E-state index in [1.165, 1.54) is 24.7 Å². The first-order valence-electron chi connectivity index (χ1n) is 7.30. The summed E-state index contributed by atoms with van der Waals surface area (Å²) < 4.78 is 22.8. The van der Waals surface area contributed by atoms with Crippen molar-refractivity contribution in [3.8, 4) is 5.75 Å². The highest BCUT2D eigenvalue weighted by molar-refractivity contribution is 9.10. The van der Waals surface area contributed by atoms with Gasteiger partial charge in [0.05, 0.1) is 17.5 Å². The molecule has 0 spiro atoms. The standard InChI is InChI=1S/C17H17BrFN3O/c1-11(13-6-4-5-7-20-13)23-15-9-12(18)8-14-16(15)22(10-21-14)17(2,3)19/h4-11H,1-3H3/t11-/m1/s1. The van der Waals surface area contributed by atoms with Gasteiger partial charge in [-0.15, -0.1) is 0 Å². The molecule has 0 aliphatic heterocycles. The Bertz CT molecular complexity index is 827. The Kier molecular flexibility index (Phi) is 4.10. The number of benzene rings is 1. The minimum absolute atomic E-state index is 0.264. The fourth-order valence-corrected chi connectivity index (χ4v) is 2.86. The van der Waals surface area contributed by atoms with Gasteiger partial charge in [-0.05, 0) is 45.0 Å². The van der Waals surface area contributed by atoms with Crippen LogP contribution in [-0.2, 0) is 5.79 Å². The summed E-state index contributed by atoms with van der Waals surface area (Å²) in [6, 6.07) is 9.33. The molecule has 6 heteroatoms. The summed E-state index contributed by atoms with van der Waals surface area (Å²) in [5, 5.41) is 0. The molecule has 0 bridgehead atoms. The monoisotopic (exact) mass is 377 g/mol. The van der Waals surface area contributed by atoms with Gasteiger partial charge in [-0.1, -0.05) is 22.0 Å². The van der Waals surface area contributed by atoms with Crippen molar-refractivity contribution >= 4 is 27.0 Å². The van der Waals surface area contributed by atoms with Crippen molar-refractivity contribution in [2.75, 3.05) is 0 Å². The first-order valence-corrected chi connectivity index (χ1v) is 8.09. The van der Waals surface area contributed by atoms with Gasteiger partial charge in [-0.25, -0.2) is 9.37 Å². The number of hydrogen-bond acceptors (Lipinski definition) is 3. The summed E-state index contributed by atoms with van der Waals surface area (Å²) in [4.78, 5) is 8.59. The van der Waals surface area contributed by atoms with Gasteiger partial charge >= 0.3 is 0 Å². The Hall–Kier alpha value is -1.95. The maximum Gasteiger partial charge on any atom is 0.182 e. The number of aromatic nitrogens is 3. The molecular formula is C17H17BrFN3O. The molecule has 0 unspecified atom stereocenters. The van der Waals surface area contributed by atoms with E-state index in [0.717, 1.165) is 10.2 Å². The molecule has 2 heterocycles. The van der Waals surface area contributed by atoms with Crippen LogP contribution in [-0.4, -0.2) is 14.5 Å². The average Bonchev–Trinajstić information content (AvgIpc) is 2.92. The van der Waals surface area contributed by atoms with E-state index < -0.39 is 5.79 Å². The van der Waals surface area contributed by atoms with Crippen LogP contribution in [0.2, 0.25) is 0 Å². The third-order valence-corrected chi connectivity index (χ3v) is 4.01. The number of halogens is 2. The summed E-state index contributed by atoms with van der Waals surface area (Å²) in [7, 11) is 0. The molecule has 0 saturated heterocycles. The normalized spacial score (nSPS) is 13.3. The van der Waals surface area contributed by atoms with Crippen molar-refractivity contribution in [3.63, 3.8) is 0 Å². The van der Waals surface area contributed by atoms with Crippen LogP contribution in [0.4, 0.5) is 4.39 Å². The fourth-order valence-electron chi connectivity index (χ4n) is 2.44. The van der Waals surface area contributed by atoms with Gasteiger partial charge in [-0.2, -0.15) is 0 Å². The van der Waals surface area contributed by atoms with Crippen LogP contribution in [0.5, 0.6) is 5.75 Å². The zero-order valence-corrected chi connectivity index (χ0v) is 14.7. The number of pyridine rings is 1. The van der Waals surface area contributed by atoms with Crippen molar-refractivity contribution in [2.45, 2.75) is 32.7 Å². The zero-order chi connectivity index (χ0) is 16.6. The molecule has 120 valence electrons. The van der Waals surface area contributed by atoms with Crippen LogP contribution < -0.4 is 4.74 Å². The predicted molar refractivity (Wildman–Crippen MR) is 91.1 cm³/mol. The van der Waals surface area contributed by atoms with E-state index in [-0.39, 0.29) is 6.10 Å². The van der Waals surface area contributed by atoms with Gasteiger partial charge in [0.25, 0.3) is 0 Å². The largest absolute Gasteiger partial charge is 0.482 e. The zero-order valence-electron chi connectivity index (χ0n) is 13.1. The van der Waals surface area contributed by atoms with E-state index in [4.69, 9.17) is 4.74 Å². The van der Waals surface area contributed by atoms with Gasteiger partial charge in [0.15, 0.2) is 5.79 Å². The van der Waals surface area contributed by atoms with Crippen LogP contribution in [0.3, 0.4) is 0 Å². The highest BCUT2D eigenvalue weighted by Gasteiger charge is 2.24. The number of alkyl halides is 1. The van der Waals surface area contributed by atoms with E-state index in [1.54, 1.807) is 6.20 Å². The van der Waals surface area contributed by atoms with E-state index in [9.17, 15) is 4.39 Å². The van der Waals surface area contributed by atoms with Gasteiger partial charge in [0.2, 0.25) is 0 Å². The molecule has 0 radical (unpaired) electrons. The Morgan fingerprint density at radius 1 is 1.26 bits per heavy atom. The summed E-state index contributed by atoms with van der Waals surface area (Å²) in [6.45, 7) is 4.89. The van der Waals surface area contributed by atoms with Crippen LogP contribution in [0, 0.1) is 0 Å². The van der Waals surface area contributed by atoms with E-state index >= 15 is 0 Å². The number of rotatable bonds is 4. The third-order valence-electron chi connectivity index (χ3n) is 3.55. The van der Waals surface area contributed by atoms with Crippen LogP contribution in [0.25, 0.3) is 11.0 Å². The number of imidazole rings is 1. The van der Waals surface area contributed by atoms with E-state index in [2.05, 4.69) is 25.9 Å². The van der Waals surface area contributed by atoms with Crippen LogP contribution in [0.1, 0.15) is 32.6 Å². The Morgan fingerprint density at radius 2 is 2.04 bits per heavy atom. The van der Waals surface area contributed by atoms with E-state index in [1.807, 2.05) is 37.3 Å². The molecule has 0 aliphatic rings. The molecule has 1 atom stereocenters. The molecule has 0 amide bonds. The minimum Gasteiger partial charge on any atom is -0.482 e. The Labute approximate surface area is 142 Å². The fraction of sp³-hybridized carbons (Fsp3) is 0.294. The molecule has 0 N–H and O–H groups in total. The highest BCUT2D eigenvalue weighted by atomic mass is 79.9. The van der Waals surface area contributed by atoms with Crippen molar-refractivity contribution in [3.05, 3.63) is 53.0 Å². The van der Waals surface area contributed by atoms with Crippen LogP contribution in [0.15, 0.2) is 47.3 Å². The molecule has 0 fully saturated rings. The van der Waals surface area contributed by atoms with Gasteiger partial charge < -0.3 is 4.74 Å². The molecule has 0 saturated carbocycles. The summed E-state index contributed by atoms with van der Waals surface area (Å²) >= 11 is 3.45. The second-order valence-electron chi connectivity index (χ2n) is 5.81. The quantitative estimate of drug-likeness (QED) is 0.642. The second kappa shape index (κ2) is 5.92. The first-order chi connectivity index (χ1) is 10.9. The molecule has 1 aromatic carbocycles. The average molecular weight is 378 g/mol. The smallest absolute Gasteiger partial charge is 0.182 e. The number of ether oxygens (including phenoxy) is 1. The topological polar surface area (TPSA) is 39.9 Å². The minimum atomic E-state index is -1.57. The van der Waals surface area contributed by atoms with Crippen molar-refractivity contribution in [1.29, 1.82) is 0 Å². The van der Waals surface area contributed by atoms with Crippen molar-refractivity contribution in [2.24, 2.45) is 0 Å². The molecule has 3 aromatic rings. The summed E-state index contributed by atoms with van der Waals surface area (Å²) in [5.41, 5.74) is 2.11. The highest BCUT2D eigenvalue weighted by Crippen LogP contribution is 2.35. The molecular weight excluding hydrogens is 361 g/mol. The molecule has 2 aromatic heterocycles. The lowest BCUT2D eigenvalue weighted by Crippen LogP contribution is -2.19. The number of nitrogens with zero attached hydrogens (tertiary/aromatic N) is 3. The first kappa shape index (κ1) is 15.9. The predicted octanol–water partition coefficient (Wildman–Crippen LogP) is 5.00. The lowest BCUT2D eigenvalue weighted by molar-refractivity contribution is 0.124. The van der Waals surface area contributed by atoms with Crippen molar-refractivity contribution < 1.29 is 9.13 Å². The summed E-state index contributed by atoms with van der Waals surface area (Å²) in [6.07, 6.45) is 2.95. The Balaban J connectivity index is 2.07. The second-order valence-corrected chi connectivity index (χ2v) is 6.73. The number of fused-ring (bicyclic) bond motifs is 1. The lowest BCUT2D eigenvalue weighted by atomic mass is 10.2. The molecule has 0 aliphatic carbocycles. The molecule has 23 heavy (non-hydrogen) atoms. The summed E-state index contributed by atoms with van der Waals surface area (Å²) in [5.74, 6) is -1.01. The van der Waals surface area contributed by atoms with Gasteiger partial charge in [0, 0.05) is 10.7 Å². The lowest BCUT2D eigenvalue weighted by Gasteiger charge is -2.20.